The van der Waals surface area contributed by atoms with Crippen molar-refractivity contribution in [2.75, 3.05) is 0 Å². The molecule has 0 atom stereocenters. The fourth-order valence-corrected chi connectivity index (χ4v) is 1.59. The van der Waals surface area contributed by atoms with E-state index in [1.54, 1.807) is 12.1 Å². The standard InChI is InChI=1S/C8H5BrClNO/c1-5-7(9)2-6(10)3-8(5)11-4-12/h2-3H,1H3. The van der Waals surface area contributed by atoms with Crippen molar-refractivity contribution in [2.45, 2.75) is 6.92 Å². The summed E-state index contributed by atoms with van der Waals surface area (Å²) in [5.41, 5.74) is 1.42. The number of hydrogen-bond acceptors (Lipinski definition) is 2. The van der Waals surface area contributed by atoms with Crippen LogP contribution in [0.4, 0.5) is 5.69 Å². The number of isocyanates is 1. The minimum Gasteiger partial charge on any atom is -0.211 e. The fourth-order valence-electron chi connectivity index (χ4n) is 0.797. The Bertz CT molecular complexity index is 358. The summed E-state index contributed by atoms with van der Waals surface area (Å²) in [6.07, 6.45) is 1.47. The first-order valence-corrected chi connectivity index (χ1v) is 4.35. The van der Waals surface area contributed by atoms with Crippen molar-refractivity contribution >= 4 is 39.3 Å². The van der Waals surface area contributed by atoms with Crippen LogP contribution in [0.3, 0.4) is 0 Å². The molecule has 4 heteroatoms. The van der Waals surface area contributed by atoms with Gasteiger partial charge in [-0.2, -0.15) is 4.99 Å². The average molecular weight is 246 g/mol. The monoisotopic (exact) mass is 245 g/mol. The Hall–Kier alpha value is -0.630. The van der Waals surface area contributed by atoms with Gasteiger partial charge < -0.3 is 0 Å². The molecule has 0 aliphatic heterocycles. The zero-order chi connectivity index (χ0) is 9.14. The lowest BCUT2D eigenvalue weighted by Gasteiger charge is -2.01. The van der Waals surface area contributed by atoms with Gasteiger partial charge in [-0.15, -0.1) is 0 Å². The molecule has 0 N–H and O–H groups in total. The van der Waals surface area contributed by atoms with Gasteiger partial charge in [-0.3, -0.25) is 0 Å². The Morgan fingerprint density at radius 2 is 2.25 bits per heavy atom. The smallest absolute Gasteiger partial charge is 0.211 e. The summed E-state index contributed by atoms with van der Waals surface area (Å²) in [5.74, 6) is 0. The second-order valence-electron chi connectivity index (χ2n) is 2.23. The minimum absolute atomic E-state index is 0.543. The Morgan fingerprint density at radius 3 is 2.83 bits per heavy atom. The van der Waals surface area contributed by atoms with Crippen molar-refractivity contribution < 1.29 is 4.79 Å². The maximum absolute atomic E-state index is 10.00. The quantitative estimate of drug-likeness (QED) is 0.552. The van der Waals surface area contributed by atoms with Gasteiger partial charge in [0.25, 0.3) is 0 Å². The van der Waals surface area contributed by atoms with E-state index in [9.17, 15) is 4.79 Å². The van der Waals surface area contributed by atoms with Gasteiger partial charge in [0.15, 0.2) is 0 Å². The Labute approximate surface area is 83.4 Å². The Kier molecular flexibility index (Phi) is 3.04. The molecular formula is C8H5BrClNO. The molecule has 0 spiro atoms. The normalized spacial score (nSPS) is 9.25. The fraction of sp³-hybridized carbons (Fsp3) is 0.125. The summed E-state index contributed by atoms with van der Waals surface area (Å²) in [7, 11) is 0. The average Bonchev–Trinajstić information content (AvgIpc) is 2.00. The molecule has 0 unspecified atom stereocenters. The molecule has 0 aliphatic carbocycles. The highest BCUT2D eigenvalue weighted by Gasteiger charge is 2.02. The molecule has 0 bridgehead atoms. The molecular weight excluding hydrogens is 241 g/mol. The van der Waals surface area contributed by atoms with Gasteiger partial charge in [0.1, 0.15) is 0 Å². The molecule has 0 heterocycles. The van der Waals surface area contributed by atoms with Crippen LogP contribution in [-0.4, -0.2) is 6.08 Å². The van der Waals surface area contributed by atoms with E-state index in [0.717, 1.165) is 10.0 Å². The first-order valence-electron chi connectivity index (χ1n) is 3.18. The molecule has 1 aromatic rings. The predicted octanol–water partition coefficient (Wildman–Crippen LogP) is 3.38. The lowest BCUT2D eigenvalue weighted by atomic mass is 10.2. The first-order chi connectivity index (χ1) is 5.65. The number of benzene rings is 1. The largest absolute Gasteiger partial charge is 0.240 e. The van der Waals surface area contributed by atoms with E-state index >= 15 is 0 Å². The lowest BCUT2D eigenvalue weighted by molar-refractivity contribution is 0.565. The van der Waals surface area contributed by atoms with E-state index in [2.05, 4.69) is 20.9 Å². The molecule has 1 aromatic carbocycles. The van der Waals surface area contributed by atoms with Crippen LogP contribution in [0.15, 0.2) is 21.6 Å². The van der Waals surface area contributed by atoms with Crippen LogP contribution in [0.2, 0.25) is 5.02 Å². The molecule has 12 heavy (non-hydrogen) atoms. The van der Waals surface area contributed by atoms with Crippen LogP contribution in [0.1, 0.15) is 5.56 Å². The summed E-state index contributed by atoms with van der Waals surface area (Å²) in [6.45, 7) is 1.84. The molecule has 0 aromatic heterocycles. The van der Waals surface area contributed by atoms with Crippen molar-refractivity contribution in [1.29, 1.82) is 0 Å². The predicted molar refractivity (Wildman–Crippen MR) is 51.7 cm³/mol. The number of halogens is 2. The minimum atomic E-state index is 0.543. The highest BCUT2D eigenvalue weighted by Crippen LogP contribution is 2.29. The second kappa shape index (κ2) is 3.85. The summed E-state index contributed by atoms with van der Waals surface area (Å²) in [6, 6.07) is 3.37. The van der Waals surface area contributed by atoms with Gasteiger partial charge in [0, 0.05) is 9.50 Å². The molecule has 2 nitrogen and oxygen atoms in total. The molecule has 0 saturated heterocycles. The van der Waals surface area contributed by atoms with Gasteiger partial charge in [0.05, 0.1) is 5.69 Å². The molecule has 1 rings (SSSR count). The third-order valence-electron chi connectivity index (χ3n) is 1.45. The van der Waals surface area contributed by atoms with Gasteiger partial charge in [-0.25, -0.2) is 4.79 Å². The van der Waals surface area contributed by atoms with Gasteiger partial charge in [0.2, 0.25) is 6.08 Å². The molecule has 0 saturated carbocycles. The maximum atomic E-state index is 10.00. The number of rotatable bonds is 1. The Morgan fingerprint density at radius 1 is 1.58 bits per heavy atom. The summed E-state index contributed by atoms with van der Waals surface area (Å²) < 4.78 is 0.837. The van der Waals surface area contributed by atoms with Gasteiger partial charge in [-0.1, -0.05) is 27.5 Å². The number of carbonyl (C=O) groups excluding carboxylic acids is 1. The van der Waals surface area contributed by atoms with Crippen molar-refractivity contribution in [1.82, 2.24) is 0 Å². The topological polar surface area (TPSA) is 29.4 Å². The number of hydrogen-bond donors (Lipinski definition) is 0. The van der Waals surface area contributed by atoms with E-state index in [-0.39, 0.29) is 0 Å². The van der Waals surface area contributed by atoms with Crippen LogP contribution >= 0.6 is 27.5 Å². The Balaban J connectivity index is 3.36. The van der Waals surface area contributed by atoms with Crippen LogP contribution < -0.4 is 0 Å². The lowest BCUT2D eigenvalue weighted by Crippen LogP contribution is -1.77. The van der Waals surface area contributed by atoms with Gasteiger partial charge >= 0.3 is 0 Å². The highest BCUT2D eigenvalue weighted by molar-refractivity contribution is 9.10. The van der Waals surface area contributed by atoms with Crippen LogP contribution in [0.25, 0.3) is 0 Å². The third kappa shape index (κ3) is 1.95. The van der Waals surface area contributed by atoms with Crippen molar-refractivity contribution in [3.8, 4) is 0 Å². The van der Waals surface area contributed by atoms with Crippen LogP contribution in [0.5, 0.6) is 0 Å². The summed E-state index contributed by atoms with van der Waals surface area (Å²) >= 11 is 9.03. The highest BCUT2D eigenvalue weighted by atomic mass is 79.9. The van der Waals surface area contributed by atoms with Crippen molar-refractivity contribution in [3.05, 3.63) is 27.2 Å². The van der Waals surface area contributed by atoms with Gasteiger partial charge in [-0.05, 0) is 24.6 Å². The van der Waals surface area contributed by atoms with E-state index in [1.165, 1.54) is 6.08 Å². The first kappa shape index (κ1) is 9.46. The van der Waals surface area contributed by atoms with Crippen molar-refractivity contribution in [3.63, 3.8) is 0 Å². The van der Waals surface area contributed by atoms with E-state index < -0.39 is 0 Å². The molecule has 62 valence electrons. The third-order valence-corrected chi connectivity index (χ3v) is 2.49. The summed E-state index contributed by atoms with van der Waals surface area (Å²) in [5, 5.41) is 0.543. The molecule has 0 radical (unpaired) electrons. The second-order valence-corrected chi connectivity index (χ2v) is 3.53. The number of aliphatic imine (C=N–C) groups is 1. The molecule has 0 amide bonds. The van der Waals surface area contributed by atoms with Crippen LogP contribution in [0, 0.1) is 6.92 Å². The number of nitrogens with zero attached hydrogens (tertiary/aromatic N) is 1. The van der Waals surface area contributed by atoms with Crippen LogP contribution in [-0.2, 0) is 4.79 Å². The zero-order valence-electron chi connectivity index (χ0n) is 6.27. The molecule has 0 fully saturated rings. The maximum Gasteiger partial charge on any atom is 0.240 e. The SMILES string of the molecule is Cc1c(Br)cc(Cl)cc1N=C=O. The van der Waals surface area contributed by atoms with E-state index in [4.69, 9.17) is 11.6 Å². The molecule has 0 aliphatic rings. The van der Waals surface area contributed by atoms with E-state index in [0.29, 0.717) is 10.7 Å². The summed E-state index contributed by atoms with van der Waals surface area (Å²) in [4.78, 5) is 13.5. The van der Waals surface area contributed by atoms with E-state index in [1.807, 2.05) is 6.92 Å². The zero-order valence-corrected chi connectivity index (χ0v) is 8.61. The van der Waals surface area contributed by atoms with Crippen molar-refractivity contribution in [2.24, 2.45) is 4.99 Å².